The Kier molecular flexibility index (Phi) is 4.07. The van der Waals surface area contributed by atoms with E-state index in [1.54, 1.807) is 6.20 Å². The van der Waals surface area contributed by atoms with Crippen LogP contribution in [0.2, 0.25) is 0 Å². The summed E-state index contributed by atoms with van der Waals surface area (Å²) in [6.45, 7) is 8.35. The monoisotopic (exact) mass is 331 g/mol. The lowest BCUT2D eigenvalue weighted by molar-refractivity contribution is 0.707. The number of hydrogen-bond acceptors (Lipinski definition) is 3. The molecule has 0 unspecified atom stereocenters. The first-order valence-corrected chi connectivity index (χ1v) is 8.47. The molecule has 1 aliphatic rings. The predicted octanol–water partition coefficient (Wildman–Crippen LogP) is 2.01. The number of nitrogens with one attached hydrogen (secondary N) is 3. The van der Waals surface area contributed by atoms with Crippen LogP contribution in [0, 0.1) is 0 Å². The molecule has 0 spiro atoms. The molecule has 3 N–H and O–H groups in total. The van der Waals surface area contributed by atoms with Gasteiger partial charge >= 0.3 is 0 Å². The number of H-pyrrole nitrogens is 2. The van der Waals surface area contributed by atoms with E-state index in [0.29, 0.717) is 0 Å². The summed E-state index contributed by atoms with van der Waals surface area (Å²) < 4.78 is 0. The zero-order valence-electron chi connectivity index (χ0n) is 14.3. The highest BCUT2D eigenvalue weighted by Gasteiger charge is 2.08. The average Bonchev–Trinajstić information content (AvgIpc) is 3.23. The van der Waals surface area contributed by atoms with Crippen molar-refractivity contribution < 1.29 is 0 Å². The van der Waals surface area contributed by atoms with E-state index in [1.807, 2.05) is 12.3 Å². The van der Waals surface area contributed by atoms with Crippen molar-refractivity contribution in [2.75, 3.05) is 13.1 Å². The molecule has 4 rings (SSSR count). The summed E-state index contributed by atoms with van der Waals surface area (Å²) in [6, 6.07) is 4.06. The van der Waals surface area contributed by atoms with Gasteiger partial charge in [-0.15, -0.1) is 0 Å². The molecule has 0 amide bonds. The van der Waals surface area contributed by atoms with Gasteiger partial charge in [0.05, 0.1) is 22.8 Å². The van der Waals surface area contributed by atoms with Crippen LogP contribution in [-0.2, 0) is 0 Å². The Balaban J connectivity index is 1.69. The second-order valence-electron chi connectivity index (χ2n) is 6.31. The second kappa shape index (κ2) is 6.53. The summed E-state index contributed by atoms with van der Waals surface area (Å²) in [5, 5.41) is 13.8. The third-order valence-electron chi connectivity index (χ3n) is 4.65. The fourth-order valence-electron chi connectivity index (χ4n) is 3.14. The quantitative estimate of drug-likeness (QED) is 0.688. The molecule has 3 aromatic rings. The Hall–Kier alpha value is -2.92. The van der Waals surface area contributed by atoms with Gasteiger partial charge in [-0.05, 0) is 49.2 Å². The number of hydrogen-bond donors (Lipinski definition) is 3. The first-order valence-electron chi connectivity index (χ1n) is 8.47. The number of allylic oxidation sites excluding steroid dienone is 2. The molecule has 4 heterocycles. The smallest absolute Gasteiger partial charge is 0.116 e. The Morgan fingerprint density at radius 3 is 3.08 bits per heavy atom. The van der Waals surface area contributed by atoms with Crippen molar-refractivity contribution in [3.63, 3.8) is 0 Å². The molecule has 0 atom stereocenters. The summed E-state index contributed by atoms with van der Waals surface area (Å²) in [5.41, 5.74) is 5.48. The molecule has 25 heavy (non-hydrogen) atoms. The van der Waals surface area contributed by atoms with Crippen LogP contribution >= 0.6 is 0 Å². The maximum Gasteiger partial charge on any atom is 0.116 e. The third-order valence-corrected chi connectivity index (χ3v) is 4.65. The number of rotatable bonds is 3. The van der Waals surface area contributed by atoms with Gasteiger partial charge in [-0.2, -0.15) is 5.10 Å². The van der Waals surface area contributed by atoms with Gasteiger partial charge in [0.15, 0.2) is 0 Å². The van der Waals surface area contributed by atoms with Gasteiger partial charge in [-0.3, -0.25) is 10.1 Å². The molecule has 0 saturated carbocycles. The SMILES string of the molecule is C=c1c(-c2cc3ccncc3[nH]2)n[nH]/c1=C/C=C(\C)C1=CCNCC1. The van der Waals surface area contributed by atoms with Crippen LogP contribution in [0.4, 0.5) is 0 Å². The fourth-order valence-corrected chi connectivity index (χ4v) is 3.14. The van der Waals surface area contributed by atoms with Crippen molar-refractivity contribution in [2.45, 2.75) is 13.3 Å². The van der Waals surface area contributed by atoms with Gasteiger partial charge in [-0.1, -0.05) is 18.7 Å². The number of pyridine rings is 1. The summed E-state index contributed by atoms with van der Waals surface area (Å²) in [4.78, 5) is 7.49. The Labute approximate surface area is 145 Å². The van der Waals surface area contributed by atoms with E-state index in [0.717, 1.165) is 52.4 Å². The predicted molar refractivity (Wildman–Crippen MR) is 102 cm³/mol. The molecule has 3 aromatic heterocycles. The summed E-state index contributed by atoms with van der Waals surface area (Å²) in [6.07, 6.45) is 11.1. The topological polar surface area (TPSA) is 69.4 Å². The molecule has 126 valence electrons. The maximum absolute atomic E-state index is 4.45. The number of fused-ring (bicyclic) bond motifs is 1. The van der Waals surface area contributed by atoms with Crippen molar-refractivity contribution in [1.82, 2.24) is 25.5 Å². The van der Waals surface area contributed by atoms with Crippen LogP contribution in [0.3, 0.4) is 0 Å². The van der Waals surface area contributed by atoms with Crippen molar-refractivity contribution in [3.8, 4) is 11.4 Å². The molecule has 0 aromatic carbocycles. The highest BCUT2D eigenvalue weighted by atomic mass is 15.1. The largest absolute Gasteiger partial charge is 0.352 e. The Morgan fingerprint density at radius 1 is 1.36 bits per heavy atom. The maximum atomic E-state index is 4.45. The van der Waals surface area contributed by atoms with E-state index in [9.17, 15) is 0 Å². The molecule has 0 radical (unpaired) electrons. The van der Waals surface area contributed by atoms with E-state index < -0.39 is 0 Å². The highest BCUT2D eigenvalue weighted by molar-refractivity contribution is 5.84. The van der Waals surface area contributed by atoms with Crippen LogP contribution < -0.4 is 15.9 Å². The summed E-state index contributed by atoms with van der Waals surface area (Å²) in [5.74, 6) is 0. The first kappa shape index (κ1) is 15.6. The third kappa shape index (κ3) is 3.06. The molecule has 5 nitrogen and oxygen atoms in total. The van der Waals surface area contributed by atoms with E-state index in [1.165, 1.54) is 11.1 Å². The molecular formula is C20H21N5. The molecule has 1 aliphatic heterocycles. The van der Waals surface area contributed by atoms with Crippen LogP contribution in [0.1, 0.15) is 13.3 Å². The minimum Gasteiger partial charge on any atom is -0.352 e. The normalized spacial score (nSPS) is 16.4. The van der Waals surface area contributed by atoms with Crippen molar-refractivity contribution in [2.24, 2.45) is 0 Å². The molecule has 0 saturated heterocycles. The Bertz CT molecular complexity index is 1050. The van der Waals surface area contributed by atoms with Crippen LogP contribution in [-0.4, -0.2) is 33.3 Å². The molecule has 0 fully saturated rings. The molecule has 0 bridgehead atoms. The molecular weight excluding hydrogens is 310 g/mol. The fraction of sp³-hybridized carbons (Fsp3) is 0.200. The van der Waals surface area contributed by atoms with Gasteiger partial charge in [0.1, 0.15) is 5.69 Å². The zero-order valence-corrected chi connectivity index (χ0v) is 14.3. The van der Waals surface area contributed by atoms with E-state index in [4.69, 9.17) is 0 Å². The van der Waals surface area contributed by atoms with Gasteiger partial charge in [0.2, 0.25) is 0 Å². The number of aromatic nitrogens is 4. The van der Waals surface area contributed by atoms with Gasteiger partial charge in [0.25, 0.3) is 0 Å². The first-order chi connectivity index (χ1) is 12.2. The summed E-state index contributed by atoms with van der Waals surface area (Å²) in [7, 11) is 0. The van der Waals surface area contributed by atoms with Crippen LogP contribution in [0.25, 0.3) is 34.9 Å². The number of aromatic amines is 2. The van der Waals surface area contributed by atoms with E-state index >= 15 is 0 Å². The van der Waals surface area contributed by atoms with Crippen molar-refractivity contribution in [3.05, 3.63) is 58.4 Å². The van der Waals surface area contributed by atoms with E-state index in [-0.39, 0.29) is 0 Å². The molecule has 0 aliphatic carbocycles. The summed E-state index contributed by atoms with van der Waals surface area (Å²) >= 11 is 0. The average molecular weight is 331 g/mol. The molecule has 5 heteroatoms. The zero-order chi connectivity index (χ0) is 17.2. The van der Waals surface area contributed by atoms with Gasteiger partial charge in [-0.25, -0.2) is 0 Å². The Morgan fingerprint density at radius 2 is 2.28 bits per heavy atom. The van der Waals surface area contributed by atoms with Crippen molar-refractivity contribution >= 4 is 23.6 Å². The number of nitrogens with zero attached hydrogens (tertiary/aromatic N) is 2. The van der Waals surface area contributed by atoms with Crippen molar-refractivity contribution in [1.29, 1.82) is 0 Å². The van der Waals surface area contributed by atoms with Crippen LogP contribution in [0.5, 0.6) is 0 Å². The second-order valence-corrected chi connectivity index (χ2v) is 6.31. The highest BCUT2D eigenvalue weighted by Crippen LogP contribution is 2.19. The lowest BCUT2D eigenvalue weighted by atomic mass is 10.0. The minimum absolute atomic E-state index is 0.842. The van der Waals surface area contributed by atoms with Crippen LogP contribution in [0.15, 0.2) is 47.8 Å². The van der Waals surface area contributed by atoms with E-state index in [2.05, 4.69) is 63.3 Å². The van der Waals surface area contributed by atoms with Gasteiger partial charge in [0, 0.05) is 23.3 Å². The lowest BCUT2D eigenvalue weighted by Gasteiger charge is -2.13. The lowest BCUT2D eigenvalue weighted by Crippen LogP contribution is -2.22. The minimum atomic E-state index is 0.842. The standard InChI is InChI=1S/C20H21N5/c1-13(15-5-8-21-9-6-15)3-4-17-14(2)20(25-24-17)18-11-16-7-10-22-12-19(16)23-18/h3-5,7,10-12,21,23-24H,2,6,8-9H2,1H3/b13-3+,17-4+. The van der Waals surface area contributed by atoms with Gasteiger partial charge < -0.3 is 10.3 Å².